The van der Waals surface area contributed by atoms with Crippen molar-refractivity contribution < 1.29 is 14.3 Å². The summed E-state index contributed by atoms with van der Waals surface area (Å²) in [5.41, 5.74) is 0.849. The van der Waals surface area contributed by atoms with E-state index in [0.717, 1.165) is 11.3 Å². The second-order valence-corrected chi connectivity index (χ2v) is 6.12. The molecule has 0 saturated heterocycles. The van der Waals surface area contributed by atoms with E-state index in [0.29, 0.717) is 15.8 Å². The minimum atomic E-state index is -0.578. The molecule has 0 saturated carbocycles. The quantitative estimate of drug-likeness (QED) is 0.677. The van der Waals surface area contributed by atoms with E-state index >= 15 is 0 Å². The molecule has 0 aliphatic carbocycles. The minimum absolute atomic E-state index is 0.172. The van der Waals surface area contributed by atoms with Crippen LogP contribution >= 0.6 is 34.5 Å². The van der Waals surface area contributed by atoms with Crippen molar-refractivity contribution in [3.8, 4) is 5.75 Å². The molecule has 1 amide bonds. The highest BCUT2D eigenvalue weighted by Crippen LogP contribution is 2.32. The minimum Gasteiger partial charge on any atom is -0.423 e. The maximum absolute atomic E-state index is 11.9. The van der Waals surface area contributed by atoms with Crippen LogP contribution in [0.15, 0.2) is 30.3 Å². The third-order valence-corrected chi connectivity index (χ3v) is 3.75. The number of rotatable bonds is 3. The first-order valence-corrected chi connectivity index (χ1v) is 7.07. The highest BCUT2D eigenvalue weighted by Gasteiger charge is 2.16. The number of ether oxygens (including phenoxy) is 1. The molecule has 1 heterocycles. The Morgan fingerprint density at radius 3 is 2.35 bits per heavy atom. The van der Waals surface area contributed by atoms with Crippen molar-refractivity contribution >= 4 is 52.1 Å². The molecular weight excluding hydrogens is 321 g/mol. The van der Waals surface area contributed by atoms with E-state index in [4.69, 9.17) is 27.9 Å². The van der Waals surface area contributed by atoms with Crippen molar-refractivity contribution in [2.75, 3.05) is 5.32 Å². The first-order chi connectivity index (χ1) is 9.45. The van der Waals surface area contributed by atoms with E-state index in [1.165, 1.54) is 13.0 Å². The molecule has 104 valence electrons. The van der Waals surface area contributed by atoms with Crippen LogP contribution in [0, 0.1) is 0 Å². The Bertz CT molecular complexity index is 652. The van der Waals surface area contributed by atoms with Crippen LogP contribution in [-0.2, 0) is 4.79 Å². The predicted molar refractivity (Wildman–Crippen MR) is 80.0 cm³/mol. The van der Waals surface area contributed by atoms with Crippen LogP contribution in [0.25, 0.3) is 0 Å². The zero-order chi connectivity index (χ0) is 14.7. The second-order valence-electron chi connectivity index (χ2n) is 3.83. The summed E-state index contributed by atoms with van der Waals surface area (Å²) in [6.07, 6.45) is 0. The van der Waals surface area contributed by atoms with Gasteiger partial charge in [0.2, 0.25) is 5.91 Å². The molecule has 0 radical (unpaired) electrons. The molecule has 0 aliphatic rings. The molecule has 2 rings (SSSR count). The highest BCUT2D eigenvalue weighted by atomic mass is 35.5. The summed E-state index contributed by atoms with van der Waals surface area (Å²) in [5, 5.41) is 2.61. The van der Waals surface area contributed by atoms with Crippen LogP contribution in [0.5, 0.6) is 5.75 Å². The molecule has 1 aromatic carbocycles. The fourth-order valence-corrected chi connectivity index (χ4v) is 2.89. The molecule has 0 bridgehead atoms. The lowest BCUT2D eigenvalue weighted by Gasteiger charge is -2.05. The van der Waals surface area contributed by atoms with Gasteiger partial charge in [-0.25, -0.2) is 4.79 Å². The number of nitrogens with one attached hydrogen (secondary N) is 1. The molecule has 0 spiro atoms. The molecule has 0 unspecified atom stereocenters. The number of carbonyl (C=O) groups excluding carboxylic acids is 2. The monoisotopic (exact) mass is 329 g/mol. The van der Waals surface area contributed by atoms with Crippen molar-refractivity contribution in [1.29, 1.82) is 0 Å². The van der Waals surface area contributed by atoms with Gasteiger partial charge >= 0.3 is 5.97 Å². The smallest absolute Gasteiger partial charge is 0.345 e. The Hall–Kier alpha value is -1.56. The second kappa shape index (κ2) is 6.26. The molecule has 2 aromatic rings. The zero-order valence-corrected chi connectivity index (χ0v) is 12.6. The molecule has 0 atom stereocenters. The molecule has 4 nitrogen and oxygen atoms in total. The van der Waals surface area contributed by atoms with Crippen LogP contribution < -0.4 is 10.1 Å². The lowest BCUT2D eigenvalue weighted by atomic mass is 10.3. The predicted octanol–water partition coefficient (Wildman–Crippen LogP) is 4.23. The molecule has 20 heavy (non-hydrogen) atoms. The summed E-state index contributed by atoms with van der Waals surface area (Å²) < 4.78 is 5.87. The van der Waals surface area contributed by atoms with Crippen LogP contribution in [0.4, 0.5) is 5.69 Å². The summed E-state index contributed by atoms with van der Waals surface area (Å²) in [5.74, 6) is -0.401. The van der Waals surface area contributed by atoms with E-state index in [2.05, 4.69) is 5.32 Å². The summed E-state index contributed by atoms with van der Waals surface area (Å²) in [6, 6.07) is 7.87. The van der Waals surface area contributed by atoms with Gasteiger partial charge in [-0.05, 0) is 30.3 Å². The van der Waals surface area contributed by atoms with Gasteiger partial charge in [0.05, 0.1) is 9.90 Å². The molecule has 1 aromatic heterocycles. The Balaban J connectivity index is 2.08. The van der Waals surface area contributed by atoms with Gasteiger partial charge in [0.15, 0.2) is 0 Å². The number of carbonyl (C=O) groups is 2. The van der Waals surface area contributed by atoms with E-state index in [1.807, 2.05) is 0 Å². The summed E-state index contributed by atoms with van der Waals surface area (Å²) in [6.45, 7) is 1.41. The normalized spacial score (nSPS) is 10.2. The van der Waals surface area contributed by atoms with Crippen LogP contribution in [0.1, 0.15) is 17.3 Å². The van der Waals surface area contributed by atoms with Crippen LogP contribution in [0.3, 0.4) is 0 Å². The van der Waals surface area contributed by atoms with Gasteiger partial charge in [0.1, 0.15) is 10.1 Å². The number of esters is 1. The van der Waals surface area contributed by atoms with Crippen molar-refractivity contribution in [2.45, 2.75) is 6.92 Å². The van der Waals surface area contributed by atoms with E-state index in [9.17, 15) is 9.59 Å². The van der Waals surface area contributed by atoms with E-state index in [-0.39, 0.29) is 15.8 Å². The van der Waals surface area contributed by atoms with Gasteiger partial charge < -0.3 is 10.1 Å². The van der Waals surface area contributed by atoms with Gasteiger partial charge in [0.25, 0.3) is 0 Å². The highest BCUT2D eigenvalue weighted by molar-refractivity contribution is 7.20. The topological polar surface area (TPSA) is 55.4 Å². The zero-order valence-electron chi connectivity index (χ0n) is 10.3. The van der Waals surface area contributed by atoms with Gasteiger partial charge in [-0.2, -0.15) is 0 Å². The standard InChI is InChI=1S/C13H9Cl2NO3S/c1-7(17)16-8-2-4-9(5-3-8)19-13(18)10-6-11(14)20-12(10)15/h2-6H,1H3,(H,16,17). The summed E-state index contributed by atoms with van der Waals surface area (Å²) >= 11 is 12.7. The SMILES string of the molecule is CC(=O)Nc1ccc(OC(=O)c2cc(Cl)sc2Cl)cc1. The lowest BCUT2D eigenvalue weighted by molar-refractivity contribution is -0.114. The van der Waals surface area contributed by atoms with Gasteiger partial charge in [0, 0.05) is 12.6 Å². The third-order valence-electron chi connectivity index (χ3n) is 2.26. The Kier molecular flexibility index (Phi) is 4.65. The van der Waals surface area contributed by atoms with E-state index < -0.39 is 5.97 Å². The van der Waals surface area contributed by atoms with Crippen molar-refractivity contribution in [3.63, 3.8) is 0 Å². The Morgan fingerprint density at radius 2 is 1.85 bits per heavy atom. The first kappa shape index (κ1) is 14.8. The van der Waals surface area contributed by atoms with Crippen molar-refractivity contribution in [2.24, 2.45) is 0 Å². The Morgan fingerprint density at radius 1 is 1.20 bits per heavy atom. The van der Waals surface area contributed by atoms with Crippen molar-refractivity contribution in [1.82, 2.24) is 0 Å². The number of anilines is 1. The van der Waals surface area contributed by atoms with Crippen molar-refractivity contribution in [3.05, 3.63) is 44.6 Å². The fraction of sp³-hybridized carbons (Fsp3) is 0.0769. The molecule has 0 fully saturated rings. The number of halogens is 2. The van der Waals surface area contributed by atoms with Gasteiger partial charge in [-0.3, -0.25) is 4.79 Å². The molecule has 0 aliphatic heterocycles. The number of hydrogen-bond acceptors (Lipinski definition) is 4. The molecule has 7 heteroatoms. The average molecular weight is 330 g/mol. The largest absolute Gasteiger partial charge is 0.423 e. The Labute approximate surface area is 129 Å². The summed E-state index contributed by atoms with van der Waals surface area (Å²) in [7, 11) is 0. The number of amides is 1. The fourth-order valence-electron chi connectivity index (χ4n) is 1.45. The van der Waals surface area contributed by atoms with Gasteiger partial charge in [-0.15, -0.1) is 11.3 Å². The van der Waals surface area contributed by atoms with Gasteiger partial charge in [-0.1, -0.05) is 23.2 Å². The first-order valence-electron chi connectivity index (χ1n) is 5.50. The van der Waals surface area contributed by atoms with E-state index in [1.54, 1.807) is 24.3 Å². The van der Waals surface area contributed by atoms with Crippen LogP contribution in [-0.4, -0.2) is 11.9 Å². The number of benzene rings is 1. The number of hydrogen-bond donors (Lipinski definition) is 1. The maximum Gasteiger partial charge on any atom is 0.345 e. The molecular formula is C13H9Cl2NO3S. The lowest BCUT2D eigenvalue weighted by Crippen LogP contribution is -2.08. The van der Waals surface area contributed by atoms with Crippen LogP contribution in [0.2, 0.25) is 8.67 Å². The molecule has 1 N–H and O–H groups in total. The third kappa shape index (κ3) is 3.72. The number of thiophene rings is 1. The summed E-state index contributed by atoms with van der Waals surface area (Å²) in [4.78, 5) is 22.8. The maximum atomic E-state index is 11.9. The average Bonchev–Trinajstić information content (AvgIpc) is 2.70.